The summed E-state index contributed by atoms with van der Waals surface area (Å²) in [6, 6.07) is 7.52. The van der Waals surface area contributed by atoms with Crippen molar-refractivity contribution in [1.29, 1.82) is 0 Å². The number of imidazole rings is 1. The molecule has 27 heavy (non-hydrogen) atoms. The fraction of sp³-hybridized carbons (Fsp3) is 0.389. The summed E-state index contributed by atoms with van der Waals surface area (Å²) in [7, 11) is 1.56. The lowest BCUT2D eigenvalue weighted by atomic mass is 10.2. The van der Waals surface area contributed by atoms with Crippen molar-refractivity contribution < 1.29 is 19.4 Å². The van der Waals surface area contributed by atoms with Crippen LogP contribution >= 0.6 is 11.8 Å². The normalized spacial score (nSPS) is 10.6. The number of aliphatic hydroxyl groups is 1. The van der Waals surface area contributed by atoms with Gasteiger partial charge in [-0.25, -0.2) is 4.98 Å². The van der Waals surface area contributed by atoms with Crippen LogP contribution in [0.15, 0.2) is 35.6 Å². The van der Waals surface area contributed by atoms with Crippen molar-refractivity contribution in [2.24, 2.45) is 0 Å². The summed E-state index contributed by atoms with van der Waals surface area (Å²) in [5, 5.41) is 15.5. The van der Waals surface area contributed by atoms with E-state index in [1.54, 1.807) is 11.7 Å². The highest BCUT2D eigenvalue weighted by atomic mass is 32.2. The van der Waals surface area contributed by atoms with E-state index in [2.05, 4.69) is 15.6 Å². The first-order valence-electron chi connectivity index (χ1n) is 8.43. The number of aliphatic hydroxyl groups excluding tert-OH is 1. The van der Waals surface area contributed by atoms with Crippen LogP contribution < -0.4 is 10.6 Å². The molecule has 0 aliphatic heterocycles. The molecule has 0 spiro atoms. The number of methoxy groups -OCH3 is 1. The van der Waals surface area contributed by atoms with Crippen LogP contribution in [-0.2, 0) is 27.5 Å². The van der Waals surface area contributed by atoms with E-state index in [1.807, 2.05) is 31.2 Å². The maximum absolute atomic E-state index is 12.1. The molecule has 0 saturated carbocycles. The summed E-state index contributed by atoms with van der Waals surface area (Å²) >= 11 is 1.21. The molecule has 146 valence electrons. The summed E-state index contributed by atoms with van der Waals surface area (Å²) in [4.78, 5) is 28.4. The minimum atomic E-state index is -0.242. The zero-order valence-electron chi connectivity index (χ0n) is 15.4. The largest absolute Gasteiger partial charge is 0.390 e. The van der Waals surface area contributed by atoms with E-state index >= 15 is 0 Å². The number of benzene rings is 1. The number of carbonyl (C=O) groups excluding carboxylic acids is 2. The molecule has 0 aliphatic rings. The molecule has 0 unspecified atom stereocenters. The maximum Gasteiger partial charge on any atom is 0.240 e. The van der Waals surface area contributed by atoms with Crippen LogP contribution in [-0.4, -0.2) is 52.5 Å². The van der Waals surface area contributed by atoms with Gasteiger partial charge in [0, 0.05) is 19.3 Å². The van der Waals surface area contributed by atoms with Gasteiger partial charge >= 0.3 is 0 Å². The van der Waals surface area contributed by atoms with Gasteiger partial charge in [0.2, 0.25) is 11.8 Å². The summed E-state index contributed by atoms with van der Waals surface area (Å²) < 4.78 is 6.50. The Labute approximate surface area is 162 Å². The molecule has 2 rings (SSSR count). The Morgan fingerprint density at radius 2 is 2.00 bits per heavy atom. The number of nitrogens with zero attached hydrogens (tertiary/aromatic N) is 2. The third kappa shape index (κ3) is 6.70. The molecule has 0 fully saturated rings. The molecule has 2 amide bonds. The first-order chi connectivity index (χ1) is 13.0. The second kappa shape index (κ2) is 10.7. The van der Waals surface area contributed by atoms with E-state index in [1.165, 1.54) is 18.0 Å². The fourth-order valence-electron chi connectivity index (χ4n) is 2.26. The van der Waals surface area contributed by atoms with Gasteiger partial charge in [-0.05, 0) is 19.1 Å². The lowest BCUT2D eigenvalue weighted by Gasteiger charge is -2.11. The van der Waals surface area contributed by atoms with Crippen molar-refractivity contribution in [2.75, 3.05) is 31.3 Å². The molecular weight excluding hydrogens is 368 g/mol. The topological polar surface area (TPSA) is 105 Å². The Morgan fingerprint density at radius 1 is 1.26 bits per heavy atom. The smallest absolute Gasteiger partial charge is 0.240 e. The fourth-order valence-corrected chi connectivity index (χ4v) is 3.06. The summed E-state index contributed by atoms with van der Waals surface area (Å²) in [5.74, 6) is -0.250. The molecule has 0 radical (unpaired) electrons. The zero-order valence-corrected chi connectivity index (χ0v) is 16.2. The number of amides is 2. The van der Waals surface area contributed by atoms with Gasteiger partial charge in [0.25, 0.3) is 0 Å². The summed E-state index contributed by atoms with van der Waals surface area (Å²) in [5.41, 5.74) is 2.35. The van der Waals surface area contributed by atoms with Gasteiger partial charge < -0.3 is 25.0 Å². The van der Waals surface area contributed by atoms with Crippen LogP contribution in [0.3, 0.4) is 0 Å². The number of ether oxygens (including phenoxy) is 1. The minimum absolute atomic E-state index is 0.0154. The lowest BCUT2D eigenvalue weighted by Crippen LogP contribution is -2.31. The predicted octanol–water partition coefficient (Wildman–Crippen LogP) is 1.18. The Kier molecular flexibility index (Phi) is 8.31. The average Bonchev–Trinajstić information content (AvgIpc) is 3.03. The van der Waals surface area contributed by atoms with Crippen LogP contribution in [0.25, 0.3) is 0 Å². The molecule has 0 aliphatic carbocycles. The van der Waals surface area contributed by atoms with E-state index in [9.17, 15) is 14.7 Å². The van der Waals surface area contributed by atoms with Crippen molar-refractivity contribution in [2.45, 2.75) is 25.2 Å². The molecule has 9 heteroatoms. The average molecular weight is 392 g/mol. The SMILES string of the molecule is COCCNC(=O)Cn1c(CO)cnc1SCC(=O)Nc1ccc(C)cc1. The van der Waals surface area contributed by atoms with Crippen molar-refractivity contribution in [3.8, 4) is 0 Å². The Balaban J connectivity index is 1.93. The number of carbonyl (C=O) groups is 2. The number of anilines is 1. The molecule has 3 N–H and O–H groups in total. The minimum Gasteiger partial charge on any atom is -0.390 e. The van der Waals surface area contributed by atoms with E-state index < -0.39 is 0 Å². The molecule has 1 aromatic carbocycles. The first-order valence-corrected chi connectivity index (χ1v) is 9.42. The van der Waals surface area contributed by atoms with E-state index in [4.69, 9.17) is 4.74 Å². The van der Waals surface area contributed by atoms with Crippen LogP contribution in [0.4, 0.5) is 5.69 Å². The van der Waals surface area contributed by atoms with Crippen LogP contribution in [0.1, 0.15) is 11.3 Å². The summed E-state index contributed by atoms with van der Waals surface area (Å²) in [6.45, 7) is 2.57. The standard InChI is InChI=1S/C18H24N4O4S/c1-13-3-5-14(6-4-13)21-17(25)12-27-18-20-9-15(11-23)22(18)10-16(24)19-7-8-26-2/h3-6,9,23H,7-8,10-12H2,1-2H3,(H,19,24)(H,21,25). The highest BCUT2D eigenvalue weighted by molar-refractivity contribution is 7.99. The van der Waals surface area contributed by atoms with Crippen LogP contribution in [0, 0.1) is 6.92 Å². The highest BCUT2D eigenvalue weighted by Crippen LogP contribution is 2.19. The predicted molar refractivity (Wildman–Crippen MR) is 104 cm³/mol. The second-order valence-corrected chi connectivity index (χ2v) is 6.76. The van der Waals surface area contributed by atoms with E-state index in [-0.39, 0.29) is 30.7 Å². The van der Waals surface area contributed by atoms with E-state index in [0.29, 0.717) is 24.0 Å². The zero-order chi connectivity index (χ0) is 19.6. The number of hydrogen-bond donors (Lipinski definition) is 3. The molecule has 1 heterocycles. The molecule has 8 nitrogen and oxygen atoms in total. The van der Waals surface area contributed by atoms with Gasteiger partial charge in [-0.2, -0.15) is 0 Å². The van der Waals surface area contributed by atoms with Gasteiger partial charge in [-0.1, -0.05) is 29.5 Å². The molecule has 0 atom stereocenters. The quantitative estimate of drug-likeness (QED) is 0.414. The Bertz CT molecular complexity index is 761. The number of thioether (sulfide) groups is 1. The maximum atomic E-state index is 12.1. The number of hydrogen-bond acceptors (Lipinski definition) is 6. The van der Waals surface area contributed by atoms with Crippen molar-refractivity contribution >= 4 is 29.3 Å². The molecule has 1 aromatic heterocycles. The van der Waals surface area contributed by atoms with Gasteiger partial charge in [0.05, 0.1) is 30.9 Å². The monoisotopic (exact) mass is 392 g/mol. The number of aryl methyl sites for hydroxylation is 1. The van der Waals surface area contributed by atoms with Gasteiger partial charge in [-0.3, -0.25) is 9.59 Å². The molecule has 0 saturated heterocycles. The van der Waals surface area contributed by atoms with Crippen LogP contribution in [0.5, 0.6) is 0 Å². The molecular formula is C18H24N4O4S. The Morgan fingerprint density at radius 3 is 2.67 bits per heavy atom. The number of rotatable bonds is 10. The van der Waals surface area contributed by atoms with Crippen molar-refractivity contribution in [3.63, 3.8) is 0 Å². The van der Waals surface area contributed by atoms with E-state index in [0.717, 1.165) is 11.3 Å². The van der Waals surface area contributed by atoms with Crippen molar-refractivity contribution in [1.82, 2.24) is 14.9 Å². The third-order valence-corrected chi connectivity index (χ3v) is 4.65. The molecule has 2 aromatic rings. The Hall–Kier alpha value is -2.36. The van der Waals surface area contributed by atoms with Gasteiger partial charge in [-0.15, -0.1) is 0 Å². The first kappa shape index (κ1) is 20.9. The van der Waals surface area contributed by atoms with Crippen molar-refractivity contribution in [3.05, 3.63) is 41.7 Å². The van der Waals surface area contributed by atoms with Gasteiger partial charge in [0.15, 0.2) is 5.16 Å². The molecule has 0 bridgehead atoms. The number of aromatic nitrogens is 2. The third-order valence-electron chi connectivity index (χ3n) is 3.66. The highest BCUT2D eigenvalue weighted by Gasteiger charge is 2.15. The van der Waals surface area contributed by atoms with Crippen LogP contribution in [0.2, 0.25) is 0 Å². The number of nitrogens with one attached hydrogen (secondary N) is 2. The van der Waals surface area contributed by atoms with Gasteiger partial charge in [0.1, 0.15) is 6.54 Å². The second-order valence-electron chi connectivity index (χ2n) is 5.82. The summed E-state index contributed by atoms with van der Waals surface area (Å²) in [6.07, 6.45) is 1.50. The lowest BCUT2D eigenvalue weighted by molar-refractivity contribution is -0.122.